The SMILES string of the molecule is C=CCN(CC=C)C(=O)c1ccccc1N=[N+]=[N-]. The van der Waals surface area contributed by atoms with Crippen LogP contribution in [0.25, 0.3) is 10.4 Å². The van der Waals surface area contributed by atoms with Gasteiger partial charge in [-0.15, -0.1) is 13.2 Å². The number of hydrogen-bond acceptors (Lipinski definition) is 2. The van der Waals surface area contributed by atoms with E-state index in [1.165, 1.54) is 0 Å². The normalized spacial score (nSPS) is 9.11. The van der Waals surface area contributed by atoms with E-state index in [0.717, 1.165) is 0 Å². The maximum Gasteiger partial charge on any atom is 0.254 e. The smallest absolute Gasteiger partial charge is 0.254 e. The summed E-state index contributed by atoms with van der Waals surface area (Å²) >= 11 is 0. The monoisotopic (exact) mass is 242 g/mol. The topological polar surface area (TPSA) is 69.1 Å². The predicted octanol–water partition coefficient (Wildman–Crippen LogP) is 3.44. The number of benzene rings is 1. The third-order valence-electron chi connectivity index (χ3n) is 2.27. The lowest BCUT2D eigenvalue weighted by Crippen LogP contribution is -2.31. The van der Waals surface area contributed by atoms with Gasteiger partial charge in [0.15, 0.2) is 0 Å². The van der Waals surface area contributed by atoms with Crippen LogP contribution in [0.3, 0.4) is 0 Å². The van der Waals surface area contributed by atoms with Crippen LogP contribution < -0.4 is 0 Å². The van der Waals surface area contributed by atoms with Crippen LogP contribution in [-0.2, 0) is 0 Å². The number of rotatable bonds is 6. The fraction of sp³-hybridized carbons (Fsp3) is 0.154. The molecule has 0 saturated carbocycles. The summed E-state index contributed by atoms with van der Waals surface area (Å²) in [4.78, 5) is 16.5. The summed E-state index contributed by atoms with van der Waals surface area (Å²) < 4.78 is 0. The first-order chi connectivity index (χ1) is 8.74. The third-order valence-corrected chi connectivity index (χ3v) is 2.27. The molecule has 0 atom stereocenters. The van der Waals surface area contributed by atoms with Crippen LogP contribution in [0.15, 0.2) is 54.7 Å². The molecule has 0 bridgehead atoms. The minimum atomic E-state index is -0.210. The average molecular weight is 242 g/mol. The second kappa shape index (κ2) is 6.93. The standard InChI is InChI=1S/C13H14N4O/c1-3-9-17(10-4-2)13(18)11-7-5-6-8-12(11)15-16-14/h3-8H,1-2,9-10H2. The summed E-state index contributed by atoms with van der Waals surface area (Å²) in [6.07, 6.45) is 3.27. The Bertz CT molecular complexity index is 493. The van der Waals surface area contributed by atoms with E-state index in [0.29, 0.717) is 24.3 Å². The zero-order valence-corrected chi connectivity index (χ0v) is 9.99. The lowest BCUT2D eigenvalue weighted by atomic mass is 10.1. The Balaban J connectivity index is 3.10. The van der Waals surface area contributed by atoms with Crippen molar-refractivity contribution < 1.29 is 4.79 Å². The average Bonchev–Trinajstić information content (AvgIpc) is 2.39. The summed E-state index contributed by atoms with van der Waals surface area (Å²) in [5.41, 5.74) is 9.17. The molecule has 0 aliphatic carbocycles. The molecule has 1 aromatic rings. The predicted molar refractivity (Wildman–Crippen MR) is 71.5 cm³/mol. The molecular formula is C13H14N4O. The van der Waals surface area contributed by atoms with E-state index in [9.17, 15) is 4.79 Å². The summed E-state index contributed by atoms with van der Waals surface area (Å²) in [6.45, 7) is 8.04. The van der Waals surface area contributed by atoms with Gasteiger partial charge in [-0.05, 0) is 11.6 Å². The number of nitrogens with zero attached hydrogens (tertiary/aromatic N) is 4. The Morgan fingerprint density at radius 2 is 1.94 bits per heavy atom. The highest BCUT2D eigenvalue weighted by Crippen LogP contribution is 2.20. The molecule has 0 aliphatic rings. The van der Waals surface area contributed by atoms with Gasteiger partial charge in [-0.25, -0.2) is 0 Å². The highest BCUT2D eigenvalue weighted by Gasteiger charge is 2.15. The van der Waals surface area contributed by atoms with E-state index in [1.54, 1.807) is 41.3 Å². The summed E-state index contributed by atoms with van der Waals surface area (Å²) in [5.74, 6) is -0.210. The van der Waals surface area contributed by atoms with E-state index >= 15 is 0 Å². The van der Waals surface area contributed by atoms with Crippen molar-refractivity contribution in [3.8, 4) is 0 Å². The molecule has 0 aromatic heterocycles. The molecule has 0 unspecified atom stereocenters. The number of carbonyl (C=O) groups excluding carboxylic acids is 1. The van der Waals surface area contributed by atoms with E-state index in [-0.39, 0.29) is 5.91 Å². The zero-order chi connectivity index (χ0) is 13.4. The third kappa shape index (κ3) is 3.23. The Kier molecular flexibility index (Phi) is 5.22. The molecule has 1 aromatic carbocycles. The molecule has 5 nitrogen and oxygen atoms in total. The van der Waals surface area contributed by atoms with Crippen molar-refractivity contribution in [2.45, 2.75) is 0 Å². The van der Waals surface area contributed by atoms with Crippen molar-refractivity contribution in [2.75, 3.05) is 13.1 Å². The van der Waals surface area contributed by atoms with Crippen LogP contribution in [0, 0.1) is 0 Å². The van der Waals surface area contributed by atoms with Crippen molar-refractivity contribution in [1.29, 1.82) is 0 Å². The molecule has 1 amide bonds. The van der Waals surface area contributed by atoms with Crippen LogP contribution >= 0.6 is 0 Å². The lowest BCUT2D eigenvalue weighted by molar-refractivity contribution is 0.0791. The number of amides is 1. The van der Waals surface area contributed by atoms with Gasteiger partial charge in [0.05, 0.1) is 5.69 Å². The maximum absolute atomic E-state index is 12.3. The molecule has 0 fully saturated rings. The van der Waals surface area contributed by atoms with Gasteiger partial charge in [0.25, 0.3) is 5.91 Å². The maximum atomic E-state index is 12.3. The highest BCUT2D eigenvalue weighted by molar-refractivity contribution is 5.99. The van der Waals surface area contributed by atoms with Gasteiger partial charge in [-0.1, -0.05) is 35.5 Å². The van der Waals surface area contributed by atoms with Crippen LogP contribution in [0.1, 0.15) is 10.4 Å². The molecular weight excluding hydrogens is 228 g/mol. The number of hydrogen-bond donors (Lipinski definition) is 0. The molecule has 5 heteroatoms. The Morgan fingerprint density at radius 3 is 2.50 bits per heavy atom. The minimum Gasteiger partial charge on any atom is -0.331 e. The minimum absolute atomic E-state index is 0.210. The van der Waals surface area contributed by atoms with E-state index in [4.69, 9.17) is 5.53 Å². The number of azide groups is 1. The lowest BCUT2D eigenvalue weighted by Gasteiger charge is -2.20. The quantitative estimate of drug-likeness (QED) is 0.326. The summed E-state index contributed by atoms with van der Waals surface area (Å²) in [7, 11) is 0. The van der Waals surface area contributed by atoms with Crippen molar-refractivity contribution in [3.05, 3.63) is 65.6 Å². The highest BCUT2D eigenvalue weighted by atomic mass is 16.2. The molecule has 92 valence electrons. The van der Waals surface area contributed by atoms with Crippen molar-refractivity contribution >= 4 is 11.6 Å². The first-order valence-electron chi connectivity index (χ1n) is 5.39. The Labute approximate surface area is 106 Å². The van der Waals surface area contributed by atoms with Gasteiger partial charge in [0.1, 0.15) is 0 Å². The summed E-state index contributed by atoms with van der Waals surface area (Å²) in [6, 6.07) is 6.67. The van der Waals surface area contributed by atoms with Crippen LogP contribution in [0.5, 0.6) is 0 Å². The van der Waals surface area contributed by atoms with Crippen molar-refractivity contribution in [2.24, 2.45) is 5.11 Å². The van der Waals surface area contributed by atoms with Gasteiger partial charge >= 0.3 is 0 Å². The van der Waals surface area contributed by atoms with Crippen molar-refractivity contribution in [1.82, 2.24) is 4.90 Å². The second-order valence-corrected chi connectivity index (χ2v) is 3.49. The zero-order valence-electron chi connectivity index (χ0n) is 9.99. The van der Waals surface area contributed by atoms with Gasteiger partial charge in [0.2, 0.25) is 0 Å². The van der Waals surface area contributed by atoms with Gasteiger partial charge in [-0.2, -0.15) is 0 Å². The summed E-state index contributed by atoms with van der Waals surface area (Å²) in [5, 5.41) is 3.51. The van der Waals surface area contributed by atoms with Gasteiger partial charge in [-0.3, -0.25) is 4.79 Å². The molecule has 1 rings (SSSR count). The fourth-order valence-electron chi connectivity index (χ4n) is 1.51. The molecule has 0 radical (unpaired) electrons. The van der Waals surface area contributed by atoms with E-state index in [1.807, 2.05) is 0 Å². The Hall–Kier alpha value is -2.52. The van der Waals surface area contributed by atoms with Crippen LogP contribution in [0.2, 0.25) is 0 Å². The van der Waals surface area contributed by atoms with Crippen molar-refractivity contribution in [3.63, 3.8) is 0 Å². The first-order valence-corrected chi connectivity index (χ1v) is 5.39. The van der Waals surface area contributed by atoms with Gasteiger partial charge < -0.3 is 4.90 Å². The molecule has 0 heterocycles. The largest absolute Gasteiger partial charge is 0.331 e. The molecule has 0 spiro atoms. The van der Waals surface area contributed by atoms with E-state index in [2.05, 4.69) is 23.2 Å². The number of carbonyl (C=O) groups is 1. The van der Waals surface area contributed by atoms with Crippen LogP contribution in [-0.4, -0.2) is 23.9 Å². The fourth-order valence-corrected chi connectivity index (χ4v) is 1.51. The van der Waals surface area contributed by atoms with Gasteiger partial charge in [0, 0.05) is 23.6 Å². The first kappa shape index (κ1) is 13.5. The van der Waals surface area contributed by atoms with Crippen LogP contribution in [0.4, 0.5) is 5.69 Å². The molecule has 0 aliphatic heterocycles. The Morgan fingerprint density at radius 1 is 1.33 bits per heavy atom. The second-order valence-electron chi connectivity index (χ2n) is 3.49. The molecule has 18 heavy (non-hydrogen) atoms. The molecule has 0 saturated heterocycles. The molecule has 0 N–H and O–H groups in total. The van der Waals surface area contributed by atoms with E-state index < -0.39 is 0 Å².